The summed E-state index contributed by atoms with van der Waals surface area (Å²) in [6.07, 6.45) is 2.27. The second-order valence-electron chi connectivity index (χ2n) is 4.16. The fourth-order valence-electron chi connectivity index (χ4n) is 1.70. The van der Waals surface area contributed by atoms with Gasteiger partial charge in [0.2, 0.25) is 11.2 Å². The zero-order chi connectivity index (χ0) is 13.0. The highest BCUT2D eigenvalue weighted by Gasteiger charge is 2.26. The molecule has 1 fully saturated rings. The smallest absolute Gasteiger partial charge is 0.228 e. The van der Waals surface area contributed by atoms with E-state index in [-0.39, 0.29) is 11.4 Å². The summed E-state index contributed by atoms with van der Waals surface area (Å²) in [5, 5.41) is 4.41. The molecule has 1 saturated heterocycles. The lowest BCUT2D eigenvalue weighted by Crippen LogP contribution is -2.14. The number of nitrogens with zero attached hydrogens (tertiary/aromatic N) is 3. The lowest BCUT2D eigenvalue weighted by atomic mass is 10.3. The quantitative estimate of drug-likeness (QED) is 0.899. The Morgan fingerprint density at radius 3 is 2.94 bits per heavy atom. The van der Waals surface area contributed by atoms with E-state index in [1.165, 1.54) is 0 Å². The van der Waals surface area contributed by atoms with Crippen LogP contribution in [0.3, 0.4) is 0 Å². The number of thioether (sulfide) groups is 1. The predicted octanol–water partition coefficient (Wildman–Crippen LogP) is 2.62. The molecule has 2 rings (SSSR count). The lowest BCUT2D eigenvalue weighted by Gasteiger charge is -2.12. The summed E-state index contributed by atoms with van der Waals surface area (Å²) in [6, 6.07) is 0. The van der Waals surface area contributed by atoms with Crippen molar-refractivity contribution < 1.29 is 4.74 Å². The maximum Gasteiger partial charge on any atom is 0.228 e. The van der Waals surface area contributed by atoms with Gasteiger partial charge in [-0.05, 0) is 31.4 Å². The first kappa shape index (κ1) is 13.8. The summed E-state index contributed by atoms with van der Waals surface area (Å²) in [5.41, 5.74) is 0. The molecule has 1 N–H and O–H groups in total. The highest BCUT2D eigenvalue weighted by Crippen LogP contribution is 2.31. The van der Waals surface area contributed by atoms with Gasteiger partial charge >= 0.3 is 0 Å². The molecular weight excluding hydrogens is 272 g/mol. The van der Waals surface area contributed by atoms with Crippen molar-refractivity contribution >= 4 is 29.3 Å². The molecule has 0 amide bonds. The van der Waals surface area contributed by atoms with Crippen molar-refractivity contribution in [2.75, 3.05) is 18.5 Å². The number of rotatable bonds is 5. The topological polar surface area (TPSA) is 59.9 Å². The minimum Gasteiger partial charge on any atom is -0.377 e. The normalized spacial score (nSPS) is 23.3. The van der Waals surface area contributed by atoms with Gasteiger partial charge in [0.05, 0.1) is 6.10 Å². The van der Waals surface area contributed by atoms with Crippen molar-refractivity contribution in [3.05, 3.63) is 5.28 Å². The van der Waals surface area contributed by atoms with Gasteiger partial charge in [-0.3, -0.25) is 0 Å². The summed E-state index contributed by atoms with van der Waals surface area (Å²) in [4.78, 5) is 12.6. The zero-order valence-corrected chi connectivity index (χ0v) is 12.1. The fraction of sp³-hybridized carbons (Fsp3) is 0.727. The first-order valence-electron chi connectivity index (χ1n) is 6.12. The molecule has 7 heteroatoms. The van der Waals surface area contributed by atoms with Crippen molar-refractivity contribution in [1.29, 1.82) is 0 Å². The van der Waals surface area contributed by atoms with E-state index >= 15 is 0 Å². The van der Waals surface area contributed by atoms with Crippen LogP contribution in [0.25, 0.3) is 0 Å². The molecule has 0 saturated carbocycles. The molecule has 1 aliphatic rings. The van der Waals surface area contributed by atoms with E-state index in [0.717, 1.165) is 26.0 Å². The second kappa shape index (κ2) is 6.54. The van der Waals surface area contributed by atoms with Crippen LogP contribution >= 0.6 is 23.4 Å². The number of hydrogen-bond acceptors (Lipinski definition) is 6. The van der Waals surface area contributed by atoms with Crippen LogP contribution in [0.1, 0.15) is 26.7 Å². The molecule has 0 spiro atoms. The van der Waals surface area contributed by atoms with Crippen molar-refractivity contribution in [3.8, 4) is 0 Å². The zero-order valence-electron chi connectivity index (χ0n) is 10.5. The Hall–Kier alpha value is -0.590. The molecule has 1 aromatic rings. The molecule has 2 heterocycles. The summed E-state index contributed by atoms with van der Waals surface area (Å²) in [7, 11) is 0. The number of halogens is 1. The first-order chi connectivity index (χ1) is 8.69. The number of ether oxygens (including phenoxy) is 1. The Morgan fingerprint density at radius 2 is 2.28 bits per heavy atom. The van der Waals surface area contributed by atoms with Crippen LogP contribution in [0.5, 0.6) is 0 Å². The molecule has 5 nitrogen and oxygen atoms in total. The van der Waals surface area contributed by atoms with Gasteiger partial charge in [-0.1, -0.05) is 18.7 Å². The van der Waals surface area contributed by atoms with Crippen molar-refractivity contribution in [1.82, 2.24) is 15.0 Å². The third-order valence-corrected chi connectivity index (χ3v) is 4.17. The third-order valence-electron chi connectivity index (χ3n) is 2.68. The van der Waals surface area contributed by atoms with Gasteiger partial charge in [-0.2, -0.15) is 15.0 Å². The van der Waals surface area contributed by atoms with Gasteiger partial charge in [0, 0.05) is 18.4 Å². The summed E-state index contributed by atoms with van der Waals surface area (Å²) < 4.78 is 5.52. The minimum absolute atomic E-state index is 0.234. The monoisotopic (exact) mass is 288 g/mol. The lowest BCUT2D eigenvalue weighted by molar-refractivity contribution is 0.127. The SMILES string of the molecule is CCCNc1nc(Cl)nc(SC2CCOC2C)n1. The van der Waals surface area contributed by atoms with Crippen molar-refractivity contribution in [3.63, 3.8) is 0 Å². The van der Waals surface area contributed by atoms with Gasteiger partial charge in [0.15, 0.2) is 5.16 Å². The van der Waals surface area contributed by atoms with Crippen molar-refractivity contribution in [2.24, 2.45) is 0 Å². The highest BCUT2D eigenvalue weighted by atomic mass is 35.5. The highest BCUT2D eigenvalue weighted by molar-refractivity contribution is 7.99. The second-order valence-corrected chi connectivity index (χ2v) is 5.70. The predicted molar refractivity (Wildman–Crippen MR) is 73.3 cm³/mol. The van der Waals surface area contributed by atoms with E-state index in [2.05, 4.69) is 34.1 Å². The first-order valence-corrected chi connectivity index (χ1v) is 7.38. The van der Waals surface area contributed by atoms with Gasteiger partial charge in [-0.15, -0.1) is 0 Å². The average Bonchev–Trinajstić information content (AvgIpc) is 2.72. The van der Waals surface area contributed by atoms with Crippen LogP contribution in [-0.4, -0.2) is 39.5 Å². The van der Waals surface area contributed by atoms with Crippen LogP contribution in [-0.2, 0) is 4.74 Å². The van der Waals surface area contributed by atoms with Gasteiger partial charge < -0.3 is 10.1 Å². The summed E-state index contributed by atoms with van der Waals surface area (Å²) in [5.74, 6) is 0.547. The molecule has 100 valence electrons. The van der Waals surface area contributed by atoms with Gasteiger partial charge in [0.25, 0.3) is 0 Å². The molecule has 0 aliphatic carbocycles. The Bertz CT molecular complexity index is 407. The van der Waals surface area contributed by atoms with Crippen LogP contribution in [0.2, 0.25) is 5.28 Å². The summed E-state index contributed by atoms with van der Waals surface area (Å²) >= 11 is 7.51. The number of hydrogen-bond donors (Lipinski definition) is 1. The van der Waals surface area contributed by atoms with Crippen LogP contribution in [0, 0.1) is 0 Å². The summed E-state index contributed by atoms with van der Waals surface area (Å²) in [6.45, 7) is 5.79. The number of aromatic nitrogens is 3. The van der Waals surface area contributed by atoms with E-state index in [1.807, 2.05) is 0 Å². The maximum absolute atomic E-state index is 5.90. The Labute approximate surface area is 116 Å². The number of nitrogens with one attached hydrogen (secondary N) is 1. The molecule has 1 aliphatic heterocycles. The molecule has 0 bridgehead atoms. The minimum atomic E-state index is 0.234. The molecule has 18 heavy (non-hydrogen) atoms. The fourth-order valence-corrected chi connectivity index (χ4v) is 2.95. The van der Waals surface area contributed by atoms with E-state index in [1.54, 1.807) is 11.8 Å². The Balaban J connectivity index is 2.05. The largest absolute Gasteiger partial charge is 0.377 e. The van der Waals surface area contributed by atoms with E-state index in [4.69, 9.17) is 16.3 Å². The molecule has 2 atom stereocenters. The van der Waals surface area contributed by atoms with Crippen LogP contribution < -0.4 is 5.32 Å². The van der Waals surface area contributed by atoms with E-state index < -0.39 is 0 Å². The van der Waals surface area contributed by atoms with E-state index in [9.17, 15) is 0 Å². The van der Waals surface area contributed by atoms with Gasteiger partial charge in [-0.25, -0.2) is 0 Å². The molecule has 1 aromatic heterocycles. The van der Waals surface area contributed by atoms with Crippen LogP contribution in [0.4, 0.5) is 5.95 Å². The Morgan fingerprint density at radius 1 is 1.44 bits per heavy atom. The standard InChI is InChI=1S/C11H17ClN4OS/c1-3-5-13-10-14-9(12)15-11(16-10)18-8-4-6-17-7(8)2/h7-8H,3-6H2,1-2H3,(H,13,14,15,16). The number of anilines is 1. The molecule has 2 unspecified atom stereocenters. The Kier molecular flexibility index (Phi) is 5.03. The van der Waals surface area contributed by atoms with Crippen molar-refractivity contribution in [2.45, 2.75) is 43.2 Å². The van der Waals surface area contributed by atoms with Crippen LogP contribution in [0.15, 0.2) is 5.16 Å². The average molecular weight is 289 g/mol. The molecule has 0 aromatic carbocycles. The van der Waals surface area contributed by atoms with E-state index in [0.29, 0.717) is 16.4 Å². The third kappa shape index (κ3) is 3.70. The molecule has 0 radical (unpaired) electrons. The van der Waals surface area contributed by atoms with Gasteiger partial charge in [0.1, 0.15) is 0 Å². The maximum atomic E-state index is 5.90. The molecular formula is C11H17ClN4OS.